The van der Waals surface area contributed by atoms with E-state index in [0.29, 0.717) is 38.8 Å². The largest absolute Gasteiger partial charge is 0.381 e. The number of amides is 1. The number of piperidine rings is 1. The van der Waals surface area contributed by atoms with Crippen molar-refractivity contribution in [1.29, 1.82) is 0 Å². The topological polar surface area (TPSA) is 81.7 Å². The minimum Gasteiger partial charge on any atom is -0.381 e. The summed E-state index contributed by atoms with van der Waals surface area (Å²) in [5.74, 6) is -0.172. The Bertz CT molecular complexity index is 567. The van der Waals surface area contributed by atoms with E-state index in [-0.39, 0.29) is 12.2 Å². The smallest absolute Gasteiger partial charge is 0.265 e. The molecule has 0 aliphatic carbocycles. The summed E-state index contributed by atoms with van der Waals surface area (Å²) in [7, 11) is 1.90. The lowest BCUT2D eigenvalue weighted by atomic mass is 9.89. The molecule has 0 aromatic carbocycles. The molecule has 1 amide bonds. The van der Waals surface area contributed by atoms with Gasteiger partial charge in [-0.1, -0.05) is 32.6 Å². The zero-order valence-corrected chi connectivity index (χ0v) is 22.0. The third-order valence-corrected chi connectivity index (χ3v) is 7.87. The van der Waals surface area contributed by atoms with Gasteiger partial charge in [0, 0.05) is 53.0 Å². The van der Waals surface area contributed by atoms with Crippen LogP contribution in [0.2, 0.25) is 0 Å². The molecule has 0 aromatic heterocycles. The summed E-state index contributed by atoms with van der Waals surface area (Å²) >= 11 is 1.22. The standard InChI is InChI=1S/C24H45N3O6S/c1-3-4-5-6-8-17-30-21-11-15-27(16-12-21)33-34-26(2)24(13-19-29-20-14-24)23(28)25-32-22-10-7-9-18-31-22/h21-22H,3-20H2,1-2H3,(H,25,28). The van der Waals surface area contributed by atoms with Crippen LogP contribution < -0.4 is 5.48 Å². The Morgan fingerprint density at radius 2 is 1.85 bits per heavy atom. The number of unbranched alkanes of at least 4 members (excludes halogenated alkanes) is 4. The average molecular weight is 504 g/mol. The molecule has 0 bridgehead atoms. The van der Waals surface area contributed by atoms with Gasteiger partial charge in [0.25, 0.3) is 5.91 Å². The fourth-order valence-corrected chi connectivity index (χ4v) is 5.36. The number of hydroxylamine groups is 3. The van der Waals surface area contributed by atoms with E-state index in [0.717, 1.165) is 58.2 Å². The Morgan fingerprint density at radius 3 is 2.56 bits per heavy atom. The van der Waals surface area contributed by atoms with Crippen molar-refractivity contribution in [3.05, 3.63) is 0 Å². The number of carbonyl (C=O) groups is 1. The van der Waals surface area contributed by atoms with Crippen LogP contribution in [0.4, 0.5) is 0 Å². The predicted octanol–water partition coefficient (Wildman–Crippen LogP) is 3.99. The molecule has 3 aliphatic heterocycles. The summed E-state index contributed by atoms with van der Waals surface area (Å²) in [5.41, 5.74) is 1.91. The van der Waals surface area contributed by atoms with Crippen molar-refractivity contribution in [3.63, 3.8) is 0 Å². The van der Waals surface area contributed by atoms with Crippen LogP contribution in [0.5, 0.6) is 0 Å². The summed E-state index contributed by atoms with van der Waals surface area (Å²) in [4.78, 5) is 18.8. The molecule has 3 aliphatic rings. The highest BCUT2D eigenvalue weighted by atomic mass is 32.2. The van der Waals surface area contributed by atoms with Crippen molar-refractivity contribution in [3.8, 4) is 0 Å². The quantitative estimate of drug-likeness (QED) is 0.164. The van der Waals surface area contributed by atoms with Crippen LogP contribution in [0.25, 0.3) is 0 Å². The molecule has 3 fully saturated rings. The summed E-state index contributed by atoms with van der Waals surface area (Å²) in [6.07, 6.45) is 12.2. The van der Waals surface area contributed by atoms with Gasteiger partial charge in [-0.25, -0.2) is 18.9 Å². The van der Waals surface area contributed by atoms with Crippen LogP contribution in [-0.2, 0) is 28.1 Å². The van der Waals surface area contributed by atoms with E-state index in [1.54, 1.807) is 0 Å². The molecular weight excluding hydrogens is 458 g/mol. The number of hydrogen-bond donors (Lipinski definition) is 1. The van der Waals surface area contributed by atoms with Crippen molar-refractivity contribution < 1.29 is 28.1 Å². The molecule has 1 unspecified atom stereocenters. The Hall–Kier alpha value is -0.460. The highest BCUT2D eigenvalue weighted by Gasteiger charge is 2.45. The van der Waals surface area contributed by atoms with Crippen molar-refractivity contribution in [2.45, 2.75) is 102 Å². The minimum atomic E-state index is -0.753. The molecule has 9 nitrogen and oxygen atoms in total. The fraction of sp³-hybridized carbons (Fsp3) is 0.958. The lowest BCUT2D eigenvalue weighted by molar-refractivity contribution is -0.205. The molecule has 3 rings (SSSR count). The molecule has 198 valence electrons. The number of carbonyl (C=O) groups excluding carboxylic acids is 1. The first-order valence-corrected chi connectivity index (χ1v) is 13.9. The van der Waals surface area contributed by atoms with Gasteiger partial charge in [0.2, 0.25) is 0 Å². The number of nitrogens with one attached hydrogen (secondary N) is 1. The number of ether oxygens (including phenoxy) is 3. The van der Waals surface area contributed by atoms with Gasteiger partial charge in [-0.05, 0) is 44.9 Å². The number of nitrogens with zero attached hydrogens (tertiary/aromatic N) is 2. The van der Waals surface area contributed by atoms with E-state index in [2.05, 4.69) is 12.4 Å². The number of likely N-dealkylation sites (N-methyl/N-ethyl adjacent to an activating group) is 1. The van der Waals surface area contributed by atoms with Crippen molar-refractivity contribution in [2.24, 2.45) is 0 Å². The normalized spacial score (nSPS) is 24.4. The second-order valence-corrected chi connectivity index (χ2v) is 10.4. The van der Waals surface area contributed by atoms with Crippen LogP contribution in [0.15, 0.2) is 0 Å². The second-order valence-electron chi connectivity index (χ2n) is 9.55. The van der Waals surface area contributed by atoms with Gasteiger partial charge >= 0.3 is 0 Å². The van der Waals surface area contributed by atoms with E-state index in [1.165, 1.54) is 37.9 Å². The van der Waals surface area contributed by atoms with E-state index >= 15 is 0 Å². The molecule has 0 radical (unpaired) electrons. The van der Waals surface area contributed by atoms with Gasteiger partial charge in [0.1, 0.15) is 17.8 Å². The molecule has 0 spiro atoms. The van der Waals surface area contributed by atoms with E-state index < -0.39 is 5.54 Å². The summed E-state index contributed by atoms with van der Waals surface area (Å²) in [5, 5.41) is 1.97. The Labute approximate surface area is 209 Å². The Kier molecular flexibility index (Phi) is 12.9. The van der Waals surface area contributed by atoms with Crippen molar-refractivity contribution in [2.75, 3.05) is 46.6 Å². The number of rotatable bonds is 14. The molecule has 10 heteroatoms. The van der Waals surface area contributed by atoms with Gasteiger partial charge in [0.15, 0.2) is 6.29 Å². The third kappa shape index (κ3) is 8.89. The Morgan fingerprint density at radius 1 is 1.09 bits per heavy atom. The first kappa shape index (κ1) is 28.1. The first-order valence-electron chi connectivity index (χ1n) is 13.2. The summed E-state index contributed by atoms with van der Waals surface area (Å²) < 4.78 is 25.1. The van der Waals surface area contributed by atoms with Gasteiger partial charge in [0.05, 0.1) is 6.10 Å². The zero-order chi connectivity index (χ0) is 24.1. The predicted molar refractivity (Wildman–Crippen MR) is 131 cm³/mol. The van der Waals surface area contributed by atoms with E-state index in [9.17, 15) is 4.79 Å². The van der Waals surface area contributed by atoms with E-state index in [1.807, 2.05) is 16.4 Å². The number of hydrogen-bond acceptors (Lipinski definition) is 9. The molecule has 3 heterocycles. The van der Waals surface area contributed by atoms with Crippen molar-refractivity contribution in [1.82, 2.24) is 14.8 Å². The maximum Gasteiger partial charge on any atom is 0.265 e. The maximum absolute atomic E-state index is 13.2. The summed E-state index contributed by atoms with van der Waals surface area (Å²) in [6, 6.07) is 0. The van der Waals surface area contributed by atoms with Crippen LogP contribution in [0.3, 0.4) is 0 Å². The third-order valence-electron chi connectivity index (χ3n) is 7.02. The Balaban J connectivity index is 1.37. The van der Waals surface area contributed by atoms with Gasteiger partial charge < -0.3 is 14.2 Å². The minimum absolute atomic E-state index is 0.172. The lowest BCUT2D eigenvalue weighted by Gasteiger charge is -2.42. The van der Waals surface area contributed by atoms with Gasteiger partial charge in [-0.2, -0.15) is 5.06 Å². The monoisotopic (exact) mass is 503 g/mol. The lowest BCUT2D eigenvalue weighted by Crippen LogP contribution is -2.58. The van der Waals surface area contributed by atoms with Crippen molar-refractivity contribution >= 4 is 18.1 Å². The molecule has 3 saturated heterocycles. The average Bonchev–Trinajstić information content (AvgIpc) is 2.89. The molecule has 0 saturated carbocycles. The van der Waals surface area contributed by atoms with Gasteiger partial charge in [-0.15, -0.1) is 0 Å². The molecular formula is C24H45N3O6S. The highest BCUT2D eigenvalue weighted by molar-refractivity contribution is 7.92. The SMILES string of the molecule is CCCCCCCOC1CCN(OSN(C)C2(C(=O)NOC3CCCCO3)CCOCC2)CC1. The van der Waals surface area contributed by atoms with Gasteiger partial charge in [-0.3, -0.25) is 4.79 Å². The van der Waals surface area contributed by atoms with Crippen LogP contribution in [-0.4, -0.2) is 79.8 Å². The maximum atomic E-state index is 13.2. The fourth-order valence-electron chi connectivity index (χ4n) is 4.61. The van der Waals surface area contributed by atoms with Crippen LogP contribution >= 0.6 is 12.2 Å². The van der Waals surface area contributed by atoms with Crippen LogP contribution in [0, 0.1) is 0 Å². The molecule has 1 N–H and O–H groups in total. The summed E-state index contributed by atoms with van der Waals surface area (Å²) in [6.45, 7) is 6.48. The second kappa shape index (κ2) is 15.6. The van der Waals surface area contributed by atoms with E-state index in [4.69, 9.17) is 23.3 Å². The molecule has 0 aromatic rings. The molecule has 34 heavy (non-hydrogen) atoms. The highest BCUT2D eigenvalue weighted by Crippen LogP contribution is 2.33. The first-order chi connectivity index (χ1) is 16.6. The van der Waals surface area contributed by atoms with Crippen LogP contribution in [0.1, 0.15) is 84.0 Å². The zero-order valence-electron chi connectivity index (χ0n) is 21.1. The molecule has 1 atom stereocenters.